The molecule has 120 valence electrons. The molecule has 2 aromatic rings. The number of ether oxygens (including phenoxy) is 3. The van der Waals surface area contributed by atoms with Crippen LogP contribution in [0.5, 0.6) is 17.4 Å². The second-order valence-electron chi connectivity index (χ2n) is 5.23. The van der Waals surface area contributed by atoms with Crippen molar-refractivity contribution in [1.29, 1.82) is 0 Å². The Hall–Kier alpha value is -2.76. The molecule has 1 aliphatic rings. The van der Waals surface area contributed by atoms with Gasteiger partial charge >= 0.3 is 0 Å². The number of carbonyl (C=O) groups is 1. The molecule has 0 fully saturated rings. The van der Waals surface area contributed by atoms with Crippen LogP contribution in [0.3, 0.4) is 0 Å². The van der Waals surface area contributed by atoms with Gasteiger partial charge in [0.05, 0.1) is 7.11 Å². The van der Waals surface area contributed by atoms with Crippen molar-refractivity contribution in [3.8, 4) is 17.4 Å². The molecule has 1 aliphatic heterocycles. The summed E-state index contributed by atoms with van der Waals surface area (Å²) in [5.74, 6) is 1.55. The molecule has 3 rings (SSSR count). The molecule has 23 heavy (non-hydrogen) atoms. The average molecular weight is 314 g/mol. The highest BCUT2D eigenvalue weighted by atomic mass is 16.6. The van der Waals surface area contributed by atoms with E-state index in [4.69, 9.17) is 14.2 Å². The van der Waals surface area contributed by atoms with Gasteiger partial charge in [-0.3, -0.25) is 4.79 Å². The van der Waals surface area contributed by atoms with Gasteiger partial charge in [-0.1, -0.05) is 18.2 Å². The van der Waals surface area contributed by atoms with Crippen molar-refractivity contribution in [3.05, 3.63) is 48.2 Å². The summed E-state index contributed by atoms with van der Waals surface area (Å²) in [5, 5.41) is 2.84. The number of fused-ring (bicyclic) bond motifs is 1. The van der Waals surface area contributed by atoms with Crippen molar-refractivity contribution in [3.63, 3.8) is 0 Å². The molecule has 0 saturated heterocycles. The molecule has 2 heterocycles. The Morgan fingerprint density at radius 3 is 2.61 bits per heavy atom. The van der Waals surface area contributed by atoms with Gasteiger partial charge in [0.15, 0.2) is 11.5 Å². The minimum Gasteiger partial charge on any atom is -0.482 e. The first-order valence-corrected chi connectivity index (χ1v) is 7.36. The molecule has 0 spiro atoms. The van der Waals surface area contributed by atoms with E-state index in [2.05, 4.69) is 10.3 Å². The summed E-state index contributed by atoms with van der Waals surface area (Å²) in [6, 6.07) is 10.9. The highest BCUT2D eigenvalue weighted by molar-refractivity contribution is 5.82. The van der Waals surface area contributed by atoms with Gasteiger partial charge in [0, 0.05) is 18.8 Å². The molecule has 1 N–H and O–H groups in total. The number of nitrogens with one attached hydrogen (secondary N) is 1. The van der Waals surface area contributed by atoms with Crippen molar-refractivity contribution < 1.29 is 19.0 Å². The van der Waals surface area contributed by atoms with E-state index in [0.717, 1.165) is 5.56 Å². The quantitative estimate of drug-likeness (QED) is 0.934. The van der Waals surface area contributed by atoms with Crippen LogP contribution in [0.2, 0.25) is 0 Å². The van der Waals surface area contributed by atoms with E-state index >= 15 is 0 Å². The fourth-order valence-electron chi connectivity index (χ4n) is 2.33. The minimum absolute atomic E-state index is 0.220. The average Bonchev–Trinajstić information content (AvgIpc) is 2.59. The van der Waals surface area contributed by atoms with Crippen molar-refractivity contribution in [2.45, 2.75) is 25.7 Å². The lowest BCUT2D eigenvalue weighted by atomic mass is 10.1. The Kier molecular flexibility index (Phi) is 4.32. The minimum atomic E-state index is -0.684. The van der Waals surface area contributed by atoms with Crippen LogP contribution in [0.4, 0.5) is 0 Å². The SMILES string of the molecule is COc1ccc(CNC(=O)C2Oc3ccccc3OC2C)cn1. The molecule has 2 atom stereocenters. The predicted octanol–water partition coefficient (Wildman–Crippen LogP) is 1.93. The number of amides is 1. The van der Waals surface area contributed by atoms with E-state index in [-0.39, 0.29) is 12.0 Å². The highest BCUT2D eigenvalue weighted by Gasteiger charge is 2.33. The van der Waals surface area contributed by atoms with Crippen LogP contribution in [0.1, 0.15) is 12.5 Å². The lowest BCUT2D eigenvalue weighted by Crippen LogP contribution is -2.48. The van der Waals surface area contributed by atoms with E-state index in [0.29, 0.717) is 23.9 Å². The molecule has 1 amide bonds. The summed E-state index contributed by atoms with van der Waals surface area (Å²) >= 11 is 0. The summed E-state index contributed by atoms with van der Waals surface area (Å²) in [5.41, 5.74) is 0.879. The van der Waals surface area contributed by atoms with Gasteiger partial charge in [-0.05, 0) is 24.6 Å². The third-order valence-corrected chi connectivity index (χ3v) is 3.57. The van der Waals surface area contributed by atoms with Crippen LogP contribution in [0, 0.1) is 0 Å². The van der Waals surface area contributed by atoms with Crippen LogP contribution in [0.15, 0.2) is 42.6 Å². The number of aromatic nitrogens is 1. The zero-order valence-corrected chi connectivity index (χ0v) is 13.0. The maximum atomic E-state index is 12.4. The zero-order valence-electron chi connectivity index (χ0n) is 13.0. The summed E-state index contributed by atoms with van der Waals surface area (Å²) in [6.45, 7) is 2.18. The Balaban J connectivity index is 1.61. The van der Waals surface area contributed by atoms with Crippen LogP contribution in [-0.2, 0) is 11.3 Å². The lowest BCUT2D eigenvalue weighted by molar-refractivity contribution is -0.133. The number of hydrogen-bond donors (Lipinski definition) is 1. The first-order valence-electron chi connectivity index (χ1n) is 7.36. The summed E-state index contributed by atoms with van der Waals surface area (Å²) in [7, 11) is 1.56. The van der Waals surface area contributed by atoms with E-state index in [9.17, 15) is 4.79 Å². The van der Waals surface area contributed by atoms with Gasteiger partial charge in [-0.25, -0.2) is 4.98 Å². The normalized spacial score (nSPS) is 19.0. The molecule has 2 unspecified atom stereocenters. The Labute approximate surface area is 134 Å². The Morgan fingerprint density at radius 1 is 1.22 bits per heavy atom. The third kappa shape index (κ3) is 3.36. The molecule has 6 nitrogen and oxygen atoms in total. The van der Waals surface area contributed by atoms with E-state index in [1.165, 1.54) is 0 Å². The number of nitrogens with zero attached hydrogens (tertiary/aromatic N) is 1. The molecular formula is C17H18N2O4. The van der Waals surface area contributed by atoms with Crippen molar-refractivity contribution in [1.82, 2.24) is 10.3 Å². The number of methoxy groups -OCH3 is 1. The van der Waals surface area contributed by atoms with Crippen molar-refractivity contribution in [2.75, 3.05) is 7.11 Å². The number of carbonyl (C=O) groups excluding carboxylic acids is 1. The smallest absolute Gasteiger partial charge is 0.265 e. The maximum Gasteiger partial charge on any atom is 0.265 e. The topological polar surface area (TPSA) is 69.7 Å². The maximum absolute atomic E-state index is 12.4. The van der Waals surface area contributed by atoms with Crippen LogP contribution >= 0.6 is 0 Å². The monoisotopic (exact) mass is 314 g/mol. The standard InChI is InChI=1S/C17H18N2O4/c1-11-16(23-14-6-4-3-5-13(14)22-11)17(20)19-10-12-7-8-15(21-2)18-9-12/h3-9,11,16H,10H2,1-2H3,(H,19,20). The van der Waals surface area contributed by atoms with Crippen LogP contribution in [-0.4, -0.2) is 30.2 Å². The van der Waals surface area contributed by atoms with Gasteiger partial charge in [-0.2, -0.15) is 0 Å². The van der Waals surface area contributed by atoms with Crippen molar-refractivity contribution in [2.24, 2.45) is 0 Å². The molecule has 0 aliphatic carbocycles. The van der Waals surface area contributed by atoms with E-state index < -0.39 is 6.10 Å². The van der Waals surface area contributed by atoms with E-state index in [1.807, 2.05) is 31.2 Å². The van der Waals surface area contributed by atoms with Crippen molar-refractivity contribution >= 4 is 5.91 Å². The molecule has 0 saturated carbocycles. The van der Waals surface area contributed by atoms with Gasteiger partial charge in [0.1, 0.15) is 6.10 Å². The lowest BCUT2D eigenvalue weighted by Gasteiger charge is -2.31. The van der Waals surface area contributed by atoms with E-state index in [1.54, 1.807) is 25.4 Å². The molecule has 0 bridgehead atoms. The first-order chi connectivity index (χ1) is 11.2. The van der Waals surface area contributed by atoms with Gasteiger partial charge in [0.25, 0.3) is 5.91 Å². The van der Waals surface area contributed by atoms with Crippen LogP contribution in [0.25, 0.3) is 0 Å². The number of pyridine rings is 1. The summed E-state index contributed by atoms with van der Waals surface area (Å²) in [6.07, 6.45) is 0.616. The summed E-state index contributed by atoms with van der Waals surface area (Å²) < 4.78 is 16.5. The van der Waals surface area contributed by atoms with Crippen LogP contribution < -0.4 is 19.5 Å². The predicted molar refractivity (Wildman–Crippen MR) is 83.6 cm³/mol. The second-order valence-corrected chi connectivity index (χ2v) is 5.23. The third-order valence-electron chi connectivity index (χ3n) is 3.57. The fourth-order valence-corrected chi connectivity index (χ4v) is 2.33. The molecule has 6 heteroatoms. The Bertz CT molecular complexity index is 687. The van der Waals surface area contributed by atoms with Gasteiger partial charge in [0.2, 0.25) is 12.0 Å². The van der Waals surface area contributed by atoms with Gasteiger partial charge < -0.3 is 19.5 Å². The highest BCUT2D eigenvalue weighted by Crippen LogP contribution is 2.33. The Morgan fingerprint density at radius 2 is 1.96 bits per heavy atom. The largest absolute Gasteiger partial charge is 0.482 e. The number of benzene rings is 1. The first kappa shape index (κ1) is 15.1. The number of hydrogen-bond acceptors (Lipinski definition) is 5. The number of rotatable bonds is 4. The molecule has 1 aromatic heterocycles. The second kappa shape index (κ2) is 6.56. The molecule has 1 aromatic carbocycles. The summed E-state index contributed by atoms with van der Waals surface area (Å²) in [4.78, 5) is 16.5. The zero-order chi connectivity index (χ0) is 16.2. The molecule has 0 radical (unpaired) electrons. The van der Waals surface area contributed by atoms with Gasteiger partial charge in [-0.15, -0.1) is 0 Å². The number of para-hydroxylation sites is 2. The molecular weight excluding hydrogens is 296 g/mol. The fraction of sp³-hybridized carbons (Fsp3) is 0.294.